The van der Waals surface area contributed by atoms with Crippen LogP contribution in [0.1, 0.15) is 25.7 Å². The number of urea groups is 1. The van der Waals surface area contributed by atoms with Crippen LogP contribution in [-0.4, -0.2) is 54.6 Å². The molecule has 0 spiro atoms. The number of nitrogens with two attached hydrogens (primary N) is 1. The maximum atomic E-state index is 12.3. The molecule has 23 heavy (non-hydrogen) atoms. The Bertz CT molecular complexity index is 491. The molecule has 2 fully saturated rings. The topological polar surface area (TPSA) is 61.6 Å². The Morgan fingerprint density at radius 2 is 1.70 bits per heavy atom. The first-order chi connectivity index (χ1) is 11.2. The summed E-state index contributed by atoms with van der Waals surface area (Å²) >= 11 is 0. The molecule has 0 aliphatic carbocycles. The van der Waals surface area contributed by atoms with Gasteiger partial charge in [-0.15, -0.1) is 0 Å². The van der Waals surface area contributed by atoms with E-state index in [0.29, 0.717) is 12.0 Å². The molecule has 126 valence electrons. The lowest BCUT2D eigenvalue weighted by molar-refractivity contribution is 0.137. The van der Waals surface area contributed by atoms with Crippen LogP contribution in [0, 0.1) is 5.92 Å². The first-order valence-electron chi connectivity index (χ1n) is 8.79. The molecule has 2 amide bonds. The monoisotopic (exact) mass is 316 g/mol. The number of amides is 2. The van der Waals surface area contributed by atoms with Gasteiger partial charge in [-0.3, -0.25) is 0 Å². The highest BCUT2D eigenvalue weighted by molar-refractivity contribution is 5.89. The minimum absolute atomic E-state index is 0.0265. The van der Waals surface area contributed by atoms with Gasteiger partial charge in [0.05, 0.1) is 0 Å². The van der Waals surface area contributed by atoms with Gasteiger partial charge in [0, 0.05) is 31.4 Å². The van der Waals surface area contributed by atoms with E-state index in [2.05, 4.69) is 10.2 Å². The third kappa shape index (κ3) is 4.69. The van der Waals surface area contributed by atoms with Gasteiger partial charge in [0.15, 0.2) is 0 Å². The molecule has 5 nitrogen and oxygen atoms in total. The predicted octanol–water partition coefficient (Wildman–Crippen LogP) is 2.35. The summed E-state index contributed by atoms with van der Waals surface area (Å²) < 4.78 is 0. The molecule has 2 saturated heterocycles. The van der Waals surface area contributed by atoms with Gasteiger partial charge in [0.25, 0.3) is 0 Å². The van der Waals surface area contributed by atoms with E-state index in [1.54, 1.807) is 0 Å². The molecule has 3 N–H and O–H groups in total. The molecule has 0 saturated carbocycles. The number of carbonyl (C=O) groups excluding carboxylic acids is 1. The van der Waals surface area contributed by atoms with Crippen LogP contribution < -0.4 is 11.1 Å². The normalized spacial score (nSPS) is 21.3. The number of nitrogens with one attached hydrogen (secondary N) is 1. The van der Waals surface area contributed by atoms with Crippen molar-refractivity contribution in [1.82, 2.24) is 9.80 Å². The van der Waals surface area contributed by atoms with Crippen molar-refractivity contribution >= 4 is 11.7 Å². The van der Waals surface area contributed by atoms with Gasteiger partial charge in [-0.2, -0.15) is 0 Å². The van der Waals surface area contributed by atoms with Crippen molar-refractivity contribution in [3.8, 4) is 0 Å². The third-order valence-corrected chi connectivity index (χ3v) is 5.08. The molecule has 1 aromatic rings. The van der Waals surface area contributed by atoms with Crippen LogP contribution in [0.5, 0.6) is 0 Å². The highest BCUT2D eigenvalue weighted by Crippen LogP contribution is 2.21. The minimum atomic E-state index is 0.0265. The number of nitrogens with zero attached hydrogens (tertiary/aromatic N) is 2. The third-order valence-electron chi connectivity index (χ3n) is 5.08. The lowest BCUT2D eigenvalue weighted by Gasteiger charge is -2.37. The quantitative estimate of drug-likeness (QED) is 0.900. The molecule has 5 heteroatoms. The van der Waals surface area contributed by atoms with Crippen molar-refractivity contribution in [1.29, 1.82) is 0 Å². The summed E-state index contributed by atoms with van der Waals surface area (Å²) in [6.45, 7) is 5.15. The van der Waals surface area contributed by atoms with Gasteiger partial charge in [-0.05, 0) is 56.8 Å². The molecule has 2 aliphatic heterocycles. The number of hydrogen-bond donors (Lipinski definition) is 2. The van der Waals surface area contributed by atoms with Gasteiger partial charge in [-0.25, -0.2) is 4.79 Å². The Hall–Kier alpha value is -1.59. The second-order valence-corrected chi connectivity index (χ2v) is 6.86. The number of anilines is 1. The molecule has 0 atom stereocenters. The van der Waals surface area contributed by atoms with Crippen LogP contribution >= 0.6 is 0 Å². The average molecular weight is 316 g/mol. The fraction of sp³-hybridized carbons (Fsp3) is 0.611. The van der Waals surface area contributed by atoms with E-state index >= 15 is 0 Å². The number of likely N-dealkylation sites (tertiary alicyclic amines) is 2. The number of carbonyl (C=O) groups is 1. The van der Waals surface area contributed by atoms with Crippen LogP contribution in [0.3, 0.4) is 0 Å². The summed E-state index contributed by atoms with van der Waals surface area (Å²) in [7, 11) is 0. The second-order valence-electron chi connectivity index (χ2n) is 6.86. The van der Waals surface area contributed by atoms with Crippen LogP contribution in [0.4, 0.5) is 10.5 Å². The number of piperidine rings is 2. The number of hydrogen-bond acceptors (Lipinski definition) is 3. The SMILES string of the molecule is NC1CCN(CC2CCN(C(=O)Nc3ccccc3)CC2)CC1. The maximum Gasteiger partial charge on any atom is 0.321 e. The number of benzene rings is 1. The smallest absolute Gasteiger partial charge is 0.321 e. The molecule has 3 rings (SSSR count). The first-order valence-corrected chi connectivity index (χ1v) is 8.79. The van der Waals surface area contributed by atoms with Crippen molar-refractivity contribution in [2.24, 2.45) is 11.7 Å². The van der Waals surface area contributed by atoms with E-state index in [1.165, 1.54) is 6.54 Å². The van der Waals surface area contributed by atoms with E-state index in [4.69, 9.17) is 5.73 Å². The lowest BCUT2D eigenvalue weighted by Crippen LogP contribution is -2.45. The van der Waals surface area contributed by atoms with Gasteiger partial charge in [0.2, 0.25) is 0 Å². The molecule has 1 aromatic carbocycles. The van der Waals surface area contributed by atoms with Crippen molar-refractivity contribution < 1.29 is 4.79 Å². The molecule has 2 heterocycles. The van der Waals surface area contributed by atoms with Gasteiger partial charge in [0.1, 0.15) is 0 Å². The maximum absolute atomic E-state index is 12.3. The molecule has 2 aliphatic rings. The summed E-state index contributed by atoms with van der Waals surface area (Å²) in [4.78, 5) is 16.8. The van der Waals surface area contributed by atoms with E-state index in [9.17, 15) is 4.79 Å². The number of rotatable bonds is 3. The highest BCUT2D eigenvalue weighted by atomic mass is 16.2. The Balaban J connectivity index is 1.40. The summed E-state index contributed by atoms with van der Waals surface area (Å²) in [6, 6.07) is 10.1. The fourth-order valence-electron chi connectivity index (χ4n) is 3.54. The summed E-state index contributed by atoms with van der Waals surface area (Å²) in [5, 5.41) is 2.98. The second kappa shape index (κ2) is 7.79. The standard InChI is InChI=1S/C18H28N4O/c19-16-8-10-21(11-9-16)14-15-6-12-22(13-7-15)18(23)20-17-4-2-1-3-5-17/h1-5,15-16H,6-14,19H2,(H,20,23). The molecule has 0 radical (unpaired) electrons. The summed E-state index contributed by atoms with van der Waals surface area (Å²) in [6.07, 6.45) is 4.45. The van der Waals surface area contributed by atoms with Crippen LogP contribution in [-0.2, 0) is 0 Å². The minimum Gasteiger partial charge on any atom is -0.328 e. The van der Waals surface area contributed by atoms with Gasteiger partial charge in [-0.1, -0.05) is 18.2 Å². The Morgan fingerprint density at radius 1 is 1.04 bits per heavy atom. The predicted molar refractivity (Wildman–Crippen MR) is 93.4 cm³/mol. The van der Waals surface area contributed by atoms with E-state index in [1.807, 2.05) is 35.2 Å². The largest absolute Gasteiger partial charge is 0.328 e. The van der Waals surface area contributed by atoms with E-state index in [0.717, 1.165) is 57.5 Å². The Morgan fingerprint density at radius 3 is 2.35 bits per heavy atom. The van der Waals surface area contributed by atoms with Gasteiger partial charge >= 0.3 is 6.03 Å². The molecule has 0 aromatic heterocycles. The fourth-order valence-corrected chi connectivity index (χ4v) is 3.54. The molecule has 0 unspecified atom stereocenters. The first kappa shape index (κ1) is 16.3. The van der Waals surface area contributed by atoms with E-state index in [-0.39, 0.29) is 6.03 Å². The zero-order valence-corrected chi connectivity index (χ0v) is 13.8. The zero-order chi connectivity index (χ0) is 16.1. The van der Waals surface area contributed by atoms with Gasteiger partial charge < -0.3 is 20.9 Å². The van der Waals surface area contributed by atoms with Crippen molar-refractivity contribution in [3.05, 3.63) is 30.3 Å². The summed E-state index contributed by atoms with van der Waals surface area (Å²) in [5.41, 5.74) is 6.83. The summed E-state index contributed by atoms with van der Waals surface area (Å²) in [5.74, 6) is 0.713. The molecular weight excluding hydrogens is 288 g/mol. The number of para-hydroxylation sites is 1. The van der Waals surface area contributed by atoms with Crippen LogP contribution in [0.25, 0.3) is 0 Å². The Labute approximate surface area is 138 Å². The highest BCUT2D eigenvalue weighted by Gasteiger charge is 2.25. The molecular formula is C18H28N4O. The average Bonchev–Trinajstić information content (AvgIpc) is 2.58. The Kier molecular flexibility index (Phi) is 5.51. The van der Waals surface area contributed by atoms with Crippen molar-refractivity contribution in [3.63, 3.8) is 0 Å². The van der Waals surface area contributed by atoms with Crippen LogP contribution in [0.2, 0.25) is 0 Å². The van der Waals surface area contributed by atoms with Crippen molar-refractivity contribution in [2.75, 3.05) is 38.0 Å². The van der Waals surface area contributed by atoms with Crippen molar-refractivity contribution in [2.45, 2.75) is 31.7 Å². The van der Waals surface area contributed by atoms with Crippen LogP contribution in [0.15, 0.2) is 30.3 Å². The van der Waals surface area contributed by atoms with E-state index < -0.39 is 0 Å². The zero-order valence-electron chi connectivity index (χ0n) is 13.8. The molecule has 0 bridgehead atoms. The lowest BCUT2D eigenvalue weighted by atomic mass is 9.95.